The number of hydrogen-bond acceptors (Lipinski definition) is 8. The number of amides is 1. The van der Waals surface area contributed by atoms with Crippen LogP contribution in [-0.2, 0) is 20.9 Å². The molecule has 1 N–H and O–H groups in total. The van der Waals surface area contributed by atoms with Gasteiger partial charge in [-0.1, -0.05) is 71.5 Å². The third kappa shape index (κ3) is 5.11. The molecule has 1 atom stereocenters. The van der Waals surface area contributed by atoms with Crippen LogP contribution in [0.1, 0.15) is 43.7 Å². The molecule has 4 aromatic rings. The Balaban J connectivity index is 1.51. The number of Topliss-reactive ketones (excluding diaryl/α,β-unsaturated/α-hetero) is 1. The van der Waals surface area contributed by atoms with E-state index in [1.807, 2.05) is 37.3 Å². The summed E-state index contributed by atoms with van der Waals surface area (Å²) in [6, 6.07) is 22.6. The number of esters is 1. The van der Waals surface area contributed by atoms with Crippen LogP contribution in [0.15, 0.2) is 84.4 Å². The first-order valence-electron chi connectivity index (χ1n) is 12.5. The smallest absolute Gasteiger partial charge is 0.350 e. The number of carbonyl (C=O) groups is 3. The number of rotatable bonds is 7. The van der Waals surface area contributed by atoms with Crippen molar-refractivity contribution in [2.75, 3.05) is 12.0 Å². The second-order valence-corrected chi connectivity index (χ2v) is 10.3. The molecule has 1 aromatic heterocycles. The average Bonchev–Trinajstić information content (AvgIpc) is 3.48. The first-order valence-corrected chi connectivity index (χ1v) is 13.3. The number of nitrogens with zero attached hydrogens (tertiary/aromatic N) is 2. The fraction of sp³-hybridized carbons (Fsp3) is 0.161. The number of thiazole rings is 1. The zero-order valence-corrected chi connectivity index (χ0v) is 22.9. The molecule has 0 bridgehead atoms. The third-order valence-electron chi connectivity index (χ3n) is 6.54. The van der Waals surface area contributed by atoms with Crippen molar-refractivity contribution >= 4 is 39.9 Å². The monoisotopic (exact) mass is 554 g/mol. The van der Waals surface area contributed by atoms with E-state index in [0.29, 0.717) is 29.2 Å². The van der Waals surface area contributed by atoms with E-state index in [2.05, 4.69) is 4.98 Å². The molecule has 1 aliphatic rings. The Morgan fingerprint density at radius 2 is 1.73 bits per heavy atom. The van der Waals surface area contributed by atoms with Crippen molar-refractivity contribution in [1.82, 2.24) is 4.98 Å². The average molecular weight is 555 g/mol. The van der Waals surface area contributed by atoms with E-state index in [1.165, 1.54) is 12.0 Å². The SMILES string of the molecule is COC(=O)c1sc(N2C(=O)C(=O)/C(=C(/O)c3ccc(OCc4cccc(C)c4)cc3)C2c2ccccc2)nc1C. The van der Waals surface area contributed by atoms with Gasteiger partial charge in [-0.25, -0.2) is 9.78 Å². The molecule has 1 amide bonds. The van der Waals surface area contributed by atoms with E-state index in [0.717, 1.165) is 22.5 Å². The summed E-state index contributed by atoms with van der Waals surface area (Å²) in [5.41, 5.74) is 3.43. The van der Waals surface area contributed by atoms with E-state index >= 15 is 0 Å². The van der Waals surface area contributed by atoms with E-state index in [1.54, 1.807) is 55.5 Å². The minimum atomic E-state index is -0.950. The molecular formula is C31H26N2O6S. The highest BCUT2D eigenvalue weighted by molar-refractivity contribution is 7.17. The maximum absolute atomic E-state index is 13.4. The molecule has 1 unspecified atom stereocenters. The summed E-state index contributed by atoms with van der Waals surface area (Å²) >= 11 is 0.956. The Morgan fingerprint density at radius 1 is 1.00 bits per heavy atom. The fourth-order valence-electron chi connectivity index (χ4n) is 4.58. The van der Waals surface area contributed by atoms with E-state index in [-0.39, 0.29) is 21.3 Å². The summed E-state index contributed by atoms with van der Waals surface area (Å²) in [5, 5.41) is 11.5. The highest BCUT2D eigenvalue weighted by Gasteiger charge is 2.48. The van der Waals surface area contributed by atoms with Crippen molar-refractivity contribution in [2.24, 2.45) is 0 Å². The molecule has 9 heteroatoms. The molecule has 1 aliphatic heterocycles. The van der Waals surface area contributed by atoms with Gasteiger partial charge in [-0.2, -0.15) is 0 Å². The van der Waals surface area contributed by atoms with E-state index in [4.69, 9.17) is 9.47 Å². The second kappa shape index (κ2) is 11.2. The minimum Gasteiger partial charge on any atom is -0.507 e. The number of aromatic nitrogens is 1. The van der Waals surface area contributed by atoms with Crippen molar-refractivity contribution in [2.45, 2.75) is 26.5 Å². The number of anilines is 1. The molecule has 2 heterocycles. The van der Waals surface area contributed by atoms with Crippen LogP contribution in [0, 0.1) is 13.8 Å². The van der Waals surface area contributed by atoms with Crippen LogP contribution in [-0.4, -0.2) is 34.9 Å². The lowest BCUT2D eigenvalue weighted by Gasteiger charge is -2.23. The normalized spacial score (nSPS) is 16.3. The molecule has 1 saturated heterocycles. The van der Waals surface area contributed by atoms with Gasteiger partial charge in [-0.3, -0.25) is 14.5 Å². The minimum absolute atomic E-state index is 0.0721. The Morgan fingerprint density at radius 3 is 2.40 bits per heavy atom. The van der Waals surface area contributed by atoms with Crippen LogP contribution in [0.5, 0.6) is 5.75 Å². The number of carbonyl (C=O) groups excluding carboxylic acids is 3. The first kappa shape index (κ1) is 26.8. The summed E-state index contributed by atoms with van der Waals surface area (Å²) in [5.74, 6) is -2.01. The molecule has 0 radical (unpaired) electrons. The van der Waals surface area contributed by atoms with E-state index < -0.39 is 23.7 Å². The van der Waals surface area contributed by atoms with Crippen LogP contribution in [0.2, 0.25) is 0 Å². The van der Waals surface area contributed by atoms with Crippen LogP contribution in [0.25, 0.3) is 5.76 Å². The lowest BCUT2D eigenvalue weighted by Crippen LogP contribution is -2.29. The fourth-order valence-corrected chi connectivity index (χ4v) is 5.59. The summed E-state index contributed by atoms with van der Waals surface area (Å²) < 4.78 is 10.7. The lowest BCUT2D eigenvalue weighted by atomic mass is 9.95. The summed E-state index contributed by atoms with van der Waals surface area (Å²) in [4.78, 5) is 44.8. The number of methoxy groups -OCH3 is 1. The third-order valence-corrected chi connectivity index (χ3v) is 7.67. The molecule has 0 spiro atoms. The predicted molar refractivity (Wildman–Crippen MR) is 151 cm³/mol. The Kier molecular flexibility index (Phi) is 7.48. The summed E-state index contributed by atoms with van der Waals surface area (Å²) in [6.07, 6.45) is 0. The van der Waals surface area contributed by atoms with Crippen molar-refractivity contribution in [3.05, 3.63) is 117 Å². The zero-order valence-electron chi connectivity index (χ0n) is 22.1. The molecule has 202 valence electrons. The number of aliphatic hydroxyl groups is 1. The van der Waals surface area contributed by atoms with Crippen LogP contribution in [0.3, 0.4) is 0 Å². The molecule has 3 aromatic carbocycles. The highest BCUT2D eigenvalue weighted by Crippen LogP contribution is 2.44. The number of aryl methyl sites for hydroxylation is 2. The van der Waals surface area contributed by atoms with Gasteiger partial charge in [0.25, 0.3) is 5.78 Å². The highest BCUT2D eigenvalue weighted by atomic mass is 32.1. The standard InChI is InChI=1S/C31H26N2O6S/c1-18-8-7-9-20(16-18)17-39-23-14-12-22(13-15-23)26(34)24-25(21-10-5-4-6-11-21)33(29(36)27(24)35)31-32-19(2)28(40-31)30(37)38-3/h4-16,25,34H,17H2,1-3H3/b26-24+. The van der Waals surface area contributed by atoms with Crippen molar-refractivity contribution in [1.29, 1.82) is 0 Å². The topological polar surface area (TPSA) is 106 Å². The van der Waals surface area contributed by atoms with E-state index in [9.17, 15) is 19.5 Å². The molecular weight excluding hydrogens is 528 g/mol. The van der Waals surface area contributed by atoms with Gasteiger partial charge >= 0.3 is 11.9 Å². The number of benzene rings is 3. The molecule has 40 heavy (non-hydrogen) atoms. The lowest BCUT2D eigenvalue weighted by molar-refractivity contribution is -0.132. The van der Waals surface area contributed by atoms with Crippen LogP contribution >= 0.6 is 11.3 Å². The number of ether oxygens (including phenoxy) is 2. The number of hydrogen-bond donors (Lipinski definition) is 1. The number of ketones is 1. The Bertz CT molecular complexity index is 1630. The van der Waals surface area contributed by atoms with Gasteiger partial charge in [0.05, 0.1) is 24.4 Å². The van der Waals surface area contributed by atoms with Crippen LogP contribution < -0.4 is 9.64 Å². The molecule has 1 fully saturated rings. The molecule has 0 saturated carbocycles. The zero-order chi connectivity index (χ0) is 28.4. The van der Waals surface area contributed by atoms with Gasteiger partial charge in [-0.15, -0.1) is 0 Å². The molecule has 0 aliphatic carbocycles. The molecule has 8 nitrogen and oxygen atoms in total. The summed E-state index contributed by atoms with van der Waals surface area (Å²) in [7, 11) is 1.26. The van der Waals surface area contributed by atoms with Gasteiger partial charge in [0.2, 0.25) is 0 Å². The Labute approximate surface area is 235 Å². The molecule has 5 rings (SSSR count). The van der Waals surface area contributed by atoms with Gasteiger partial charge in [0, 0.05) is 5.56 Å². The Hall–Kier alpha value is -4.76. The quantitative estimate of drug-likeness (QED) is 0.134. The van der Waals surface area contributed by atoms with Gasteiger partial charge in [0.1, 0.15) is 23.0 Å². The van der Waals surface area contributed by atoms with Gasteiger partial charge < -0.3 is 14.6 Å². The number of aliphatic hydroxyl groups excluding tert-OH is 1. The van der Waals surface area contributed by atoms with Crippen molar-refractivity contribution < 1.29 is 29.0 Å². The van der Waals surface area contributed by atoms with Gasteiger partial charge in [0.15, 0.2) is 5.13 Å². The maximum Gasteiger partial charge on any atom is 0.350 e. The largest absolute Gasteiger partial charge is 0.507 e. The van der Waals surface area contributed by atoms with Gasteiger partial charge in [-0.05, 0) is 49.2 Å². The maximum atomic E-state index is 13.4. The van der Waals surface area contributed by atoms with Crippen molar-refractivity contribution in [3.8, 4) is 5.75 Å². The summed E-state index contributed by atoms with van der Waals surface area (Å²) in [6.45, 7) is 4.02. The predicted octanol–water partition coefficient (Wildman–Crippen LogP) is 5.75. The van der Waals surface area contributed by atoms with Crippen molar-refractivity contribution in [3.63, 3.8) is 0 Å². The van der Waals surface area contributed by atoms with Crippen LogP contribution in [0.4, 0.5) is 5.13 Å². The first-order chi connectivity index (χ1) is 19.3. The second-order valence-electron chi connectivity index (χ2n) is 9.28.